The van der Waals surface area contributed by atoms with Gasteiger partial charge in [-0.15, -0.1) is 0 Å². The number of ether oxygens (including phenoxy) is 3. The van der Waals surface area contributed by atoms with Gasteiger partial charge in [0.2, 0.25) is 0 Å². The van der Waals surface area contributed by atoms with Crippen molar-refractivity contribution >= 4 is 17.9 Å². The van der Waals surface area contributed by atoms with E-state index in [1.165, 1.54) is 142 Å². The van der Waals surface area contributed by atoms with Crippen molar-refractivity contribution in [3.63, 3.8) is 0 Å². The van der Waals surface area contributed by atoms with E-state index in [9.17, 15) is 14.4 Å². The Morgan fingerprint density at radius 2 is 0.929 bits per heavy atom. The lowest BCUT2D eigenvalue weighted by Crippen LogP contribution is -2.23. The first kappa shape index (κ1) is 50.5. The Labute approximate surface area is 346 Å². The maximum atomic E-state index is 12.8. The van der Waals surface area contributed by atoms with Crippen LogP contribution in [0.5, 0.6) is 0 Å². The molecule has 0 bridgehead atoms. The number of carbonyl (C=O) groups is 3. The van der Waals surface area contributed by atoms with Crippen molar-refractivity contribution in [2.75, 3.05) is 32.8 Å². The fourth-order valence-electron chi connectivity index (χ4n) is 8.89. The second-order valence-electron chi connectivity index (χ2n) is 17.9. The summed E-state index contributed by atoms with van der Waals surface area (Å²) in [6, 6.07) is 0. The van der Waals surface area contributed by atoms with Crippen LogP contribution in [-0.4, -0.2) is 61.8 Å². The van der Waals surface area contributed by atoms with Gasteiger partial charge < -0.3 is 19.1 Å². The average molecular weight is 790 g/mol. The zero-order chi connectivity index (χ0) is 40.2. The summed E-state index contributed by atoms with van der Waals surface area (Å²) >= 11 is 0. The summed E-state index contributed by atoms with van der Waals surface area (Å²) in [5, 5.41) is 0. The van der Waals surface area contributed by atoms with E-state index in [4.69, 9.17) is 14.2 Å². The molecule has 2 heterocycles. The summed E-state index contributed by atoms with van der Waals surface area (Å²) in [5.74, 6) is 0.872. The van der Waals surface area contributed by atoms with Crippen molar-refractivity contribution in [1.82, 2.24) is 4.90 Å². The molecule has 0 saturated carbocycles. The molecule has 56 heavy (non-hydrogen) atoms. The van der Waals surface area contributed by atoms with Gasteiger partial charge in [-0.3, -0.25) is 14.4 Å². The molecule has 2 atom stereocenters. The van der Waals surface area contributed by atoms with Crippen molar-refractivity contribution in [3.8, 4) is 0 Å². The van der Waals surface area contributed by atoms with Crippen molar-refractivity contribution in [2.45, 2.75) is 251 Å². The number of likely N-dealkylation sites (tertiary alicyclic amines) is 1. The minimum atomic E-state index is -0.00413. The summed E-state index contributed by atoms with van der Waals surface area (Å²) in [7, 11) is 0. The van der Waals surface area contributed by atoms with Gasteiger partial charge in [0.25, 0.3) is 0 Å². The van der Waals surface area contributed by atoms with Crippen LogP contribution in [0.4, 0.5) is 0 Å². The number of cyclic esters (lactones) is 2. The Bertz CT molecular complexity index is 880. The third kappa shape index (κ3) is 29.6. The first-order chi connectivity index (χ1) is 27.5. The molecule has 2 fully saturated rings. The summed E-state index contributed by atoms with van der Waals surface area (Å²) in [5.41, 5.74) is 0. The van der Waals surface area contributed by atoms with E-state index in [2.05, 4.69) is 18.7 Å². The SMILES string of the molecule is CCCCC1CCCCCCC(CCCC)CC(=O)OCCCCCCCCCCC(OC(=O)CCCN2CCCC2)CCCCCCCCCCOC(=O)C1. The number of esters is 3. The monoisotopic (exact) mass is 790 g/mol. The maximum Gasteiger partial charge on any atom is 0.306 e. The van der Waals surface area contributed by atoms with Gasteiger partial charge in [0.1, 0.15) is 6.10 Å². The first-order valence-electron chi connectivity index (χ1n) is 24.7. The van der Waals surface area contributed by atoms with Crippen molar-refractivity contribution in [3.05, 3.63) is 0 Å². The highest BCUT2D eigenvalue weighted by Crippen LogP contribution is 2.25. The molecule has 0 aromatic heterocycles. The predicted molar refractivity (Wildman–Crippen MR) is 233 cm³/mol. The van der Waals surface area contributed by atoms with Gasteiger partial charge in [-0.25, -0.2) is 0 Å². The lowest BCUT2D eigenvalue weighted by atomic mass is 9.90. The molecule has 0 N–H and O–H groups in total. The molecule has 0 aromatic rings. The van der Waals surface area contributed by atoms with E-state index < -0.39 is 0 Å². The number of hydrogen-bond acceptors (Lipinski definition) is 7. The van der Waals surface area contributed by atoms with Crippen LogP contribution in [0.25, 0.3) is 0 Å². The normalized spacial score (nSPS) is 24.9. The van der Waals surface area contributed by atoms with Crippen LogP contribution in [0.2, 0.25) is 0 Å². The second-order valence-corrected chi connectivity index (χ2v) is 17.9. The van der Waals surface area contributed by atoms with E-state index in [-0.39, 0.29) is 24.0 Å². The molecule has 0 aromatic carbocycles. The topological polar surface area (TPSA) is 82.1 Å². The molecule has 0 spiro atoms. The first-order valence-corrected chi connectivity index (χ1v) is 24.7. The molecule has 7 nitrogen and oxygen atoms in total. The highest BCUT2D eigenvalue weighted by atomic mass is 16.5. The van der Waals surface area contributed by atoms with E-state index in [0.29, 0.717) is 44.3 Å². The zero-order valence-corrected chi connectivity index (χ0v) is 37.1. The number of hydrogen-bond donors (Lipinski definition) is 0. The Balaban J connectivity index is 1.80. The molecule has 7 heteroatoms. The zero-order valence-electron chi connectivity index (χ0n) is 37.1. The third-order valence-corrected chi connectivity index (χ3v) is 12.5. The van der Waals surface area contributed by atoms with Gasteiger partial charge in [-0.1, -0.05) is 142 Å². The van der Waals surface area contributed by atoms with Crippen molar-refractivity contribution in [2.24, 2.45) is 11.8 Å². The van der Waals surface area contributed by atoms with Gasteiger partial charge in [-0.05, 0) is 115 Å². The minimum Gasteiger partial charge on any atom is -0.466 e. The highest BCUT2D eigenvalue weighted by Gasteiger charge is 2.18. The smallest absolute Gasteiger partial charge is 0.306 e. The maximum absolute atomic E-state index is 12.8. The van der Waals surface area contributed by atoms with E-state index >= 15 is 0 Å². The van der Waals surface area contributed by atoms with E-state index in [0.717, 1.165) is 90.0 Å². The largest absolute Gasteiger partial charge is 0.466 e. The molecule has 2 aliphatic rings. The molecule has 2 unspecified atom stereocenters. The van der Waals surface area contributed by atoms with E-state index in [1.54, 1.807) is 0 Å². The Morgan fingerprint density at radius 3 is 1.36 bits per heavy atom. The minimum absolute atomic E-state index is 0.00259. The van der Waals surface area contributed by atoms with Crippen LogP contribution in [-0.2, 0) is 28.6 Å². The summed E-state index contributed by atoms with van der Waals surface area (Å²) in [6.45, 7) is 8.97. The number of unbranched alkanes of at least 4 members (excludes halogenated alkanes) is 2. The lowest BCUT2D eigenvalue weighted by molar-refractivity contribution is -0.150. The second kappa shape index (κ2) is 36.4. The lowest BCUT2D eigenvalue weighted by Gasteiger charge is -2.19. The quantitative estimate of drug-likeness (QED) is 0.152. The molecule has 2 saturated heterocycles. The van der Waals surface area contributed by atoms with Gasteiger partial charge in [0, 0.05) is 19.3 Å². The molecule has 0 radical (unpaired) electrons. The standard InChI is InChI=1S/C49H91NO6/c1-3-5-30-44-32-21-17-18-22-33-45(31-6-4-2)43-49(53)55-41-28-20-14-10-8-12-16-24-35-46(56-47(51)36-29-39-50-37-25-26-38-50)34-23-15-11-7-9-13-19-27-40-54-48(52)42-44/h44-46H,3-43H2,1-2H3. The van der Waals surface area contributed by atoms with Crippen LogP contribution >= 0.6 is 0 Å². The fourth-order valence-corrected chi connectivity index (χ4v) is 8.89. The highest BCUT2D eigenvalue weighted by molar-refractivity contribution is 5.70. The van der Waals surface area contributed by atoms with Crippen LogP contribution < -0.4 is 0 Å². The molecule has 2 aliphatic heterocycles. The Hall–Kier alpha value is -1.63. The molecule has 2 rings (SSSR count). The van der Waals surface area contributed by atoms with Gasteiger partial charge in [0.05, 0.1) is 13.2 Å². The van der Waals surface area contributed by atoms with Crippen LogP contribution in [0.1, 0.15) is 245 Å². The third-order valence-electron chi connectivity index (χ3n) is 12.5. The fraction of sp³-hybridized carbons (Fsp3) is 0.939. The van der Waals surface area contributed by atoms with Crippen LogP contribution in [0.15, 0.2) is 0 Å². The van der Waals surface area contributed by atoms with Gasteiger partial charge in [0.15, 0.2) is 0 Å². The molecular formula is C49H91NO6. The van der Waals surface area contributed by atoms with Gasteiger partial charge in [-0.2, -0.15) is 0 Å². The molecular weight excluding hydrogens is 699 g/mol. The number of nitrogens with zero attached hydrogens (tertiary/aromatic N) is 1. The van der Waals surface area contributed by atoms with Crippen LogP contribution in [0, 0.1) is 11.8 Å². The van der Waals surface area contributed by atoms with E-state index in [1.807, 2.05) is 0 Å². The summed E-state index contributed by atoms with van der Waals surface area (Å²) in [6.07, 6.45) is 39.9. The molecule has 0 amide bonds. The van der Waals surface area contributed by atoms with Crippen molar-refractivity contribution in [1.29, 1.82) is 0 Å². The Morgan fingerprint density at radius 1 is 0.536 bits per heavy atom. The summed E-state index contributed by atoms with van der Waals surface area (Å²) < 4.78 is 17.5. The molecule has 0 aliphatic carbocycles. The Kier molecular flexibility index (Phi) is 32.9. The summed E-state index contributed by atoms with van der Waals surface area (Å²) in [4.78, 5) is 40.7. The number of carbonyl (C=O) groups excluding carboxylic acids is 3. The molecule has 328 valence electrons. The number of rotatable bonds is 11. The van der Waals surface area contributed by atoms with Gasteiger partial charge >= 0.3 is 17.9 Å². The average Bonchev–Trinajstić information content (AvgIpc) is 3.71. The predicted octanol–water partition coefficient (Wildman–Crippen LogP) is 13.6. The van der Waals surface area contributed by atoms with Crippen LogP contribution in [0.3, 0.4) is 0 Å². The van der Waals surface area contributed by atoms with Crippen molar-refractivity contribution < 1.29 is 28.6 Å².